The van der Waals surface area contributed by atoms with E-state index >= 15 is 0 Å². The molecule has 0 aromatic heterocycles. The average Bonchev–Trinajstić information content (AvgIpc) is 3.18. The van der Waals surface area contributed by atoms with Gasteiger partial charge >= 0.3 is 5.97 Å². The molecule has 0 amide bonds. The molecule has 5 nitrogen and oxygen atoms in total. The summed E-state index contributed by atoms with van der Waals surface area (Å²) in [5.74, 6) is 0.155. The van der Waals surface area contributed by atoms with Crippen LogP contribution in [0.2, 0.25) is 0 Å². The third-order valence-corrected chi connectivity index (χ3v) is 7.51. The molecule has 2 atom stereocenters. The van der Waals surface area contributed by atoms with E-state index in [0.717, 1.165) is 35.1 Å². The Kier molecular flexibility index (Phi) is 7.84. The van der Waals surface area contributed by atoms with Crippen molar-refractivity contribution in [1.82, 2.24) is 0 Å². The fourth-order valence-corrected chi connectivity index (χ4v) is 5.60. The number of hydrogen-bond donors (Lipinski definition) is 1. The van der Waals surface area contributed by atoms with Crippen LogP contribution in [0, 0.1) is 11.2 Å². The van der Waals surface area contributed by atoms with E-state index in [2.05, 4.69) is 20.8 Å². The molecule has 4 rings (SSSR count). The Labute approximate surface area is 224 Å². The summed E-state index contributed by atoms with van der Waals surface area (Å²) in [5.41, 5.74) is 4.59. The first-order valence-corrected chi connectivity index (χ1v) is 12.9. The number of fused-ring (bicyclic) bond motifs is 1. The Hall–Kier alpha value is -3.38. The van der Waals surface area contributed by atoms with Crippen LogP contribution in [0.1, 0.15) is 68.9 Å². The second-order valence-corrected chi connectivity index (χ2v) is 11.5. The standard InChI is InChI=1S/C32H37FO5/c1-31(2,3)30(37-6)26-15-20(7-11-24(26)25-16-22(36-5)10-12-28(25)33)19-38-23-9-8-21-13-14-32(4,18-29(34)35)27(21)17-23/h7-12,15-17,30H,13-14,18-19H2,1-6H3,(H,34,35)/t30?,32-/m1/s1. The minimum Gasteiger partial charge on any atom is -0.497 e. The zero-order valence-corrected chi connectivity index (χ0v) is 23.1. The number of aliphatic carboxylic acids is 1. The number of hydrogen-bond acceptors (Lipinski definition) is 4. The summed E-state index contributed by atoms with van der Waals surface area (Å²) < 4.78 is 32.5. The summed E-state index contributed by atoms with van der Waals surface area (Å²) in [6, 6.07) is 16.6. The Morgan fingerprint density at radius 3 is 2.42 bits per heavy atom. The van der Waals surface area contributed by atoms with Crippen LogP contribution in [0.4, 0.5) is 4.39 Å². The van der Waals surface area contributed by atoms with Crippen LogP contribution >= 0.6 is 0 Å². The van der Waals surface area contributed by atoms with E-state index in [9.17, 15) is 14.3 Å². The van der Waals surface area contributed by atoms with Gasteiger partial charge in [0.2, 0.25) is 0 Å². The maximum Gasteiger partial charge on any atom is 0.304 e. The molecule has 0 bridgehead atoms. The number of methoxy groups -OCH3 is 2. The molecule has 3 aromatic rings. The van der Waals surface area contributed by atoms with E-state index in [1.165, 1.54) is 11.6 Å². The lowest BCUT2D eigenvalue weighted by molar-refractivity contribution is -0.138. The van der Waals surface area contributed by atoms with Crippen molar-refractivity contribution in [3.63, 3.8) is 0 Å². The van der Waals surface area contributed by atoms with Crippen molar-refractivity contribution in [3.05, 3.63) is 82.7 Å². The van der Waals surface area contributed by atoms with Gasteiger partial charge in [-0.2, -0.15) is 0 Å². The van der Waals surface area contributed by atoms with Gasteiger partial charge in [0.05, 0.1) is 19.6 Å². The molecule has 0 fully saturated rings. The van der Waals surface area contributed by atoms with Gasteiger partial charge in [-0.15, -0.1) is 0 Å². The first-order chi connectivity index (χ1) is 17.9. The Bertz CT molecular complexity index is 1330. The number of carboxylic acid groups (broad SMARTS) is 1. The van der Waals surface area contributed by atoms with Crippen LogP contribution in [0.5, 0.6) is 11.5 Å². The average molecular weight is 521 g/mol. The summed E-state index contributed by atoms with van der Waals surface area (Å²) in [7, 11) is 3.23. The van der Waals surface area contributed by atoms with Crippen LogP contribution in [0.3, 0.4) is 0 Å². The van der Waals surface area contributed by atoms with E-state index in [-0.39, 0.29) is 23.8 Å². The van der Waals surface area contributed by atoms with Crippen molar-refractivity contribution in [2.45, 2.75) is 65.1 Å². The van der Waals surface area contributed by atoms with Crippen molar-refractivity contribution in [1.29, 1.82) is 0 Å². The smallest absolute Gasteiger partial charge is 0.304 e. The number of halogens is 1. The minimum absolute atomic E-state index is 0.0975. The van der Waals surface area contributed by atoms with Gasteiger partial charge in [0, 0.05) is 18.1 Å². The molecule has 0 radical (unpaired) electrons. The Morgan fingerprint density at radius 2 is 1.76 bits per heavy atom. The predicted octanol–water partition coefficient (Wildman–Crippen LogP) is 7.49. The molecule has 0 saturated carbocycles. The lowest BCUT2D eigenvalue weighted by atomic mass is 9.81. The molecule has 0 heterocycles. The maximum absolute atomic E-state index is 15.0. The van der Waals surface area contributed by atoms with E-state index < -0.39 is 11.4 Å². The van der Waals surface area contributed by atoms with Crippen LogP contribution in [0.25, 0.3) is 11.1 Å². The molecule has 0 saturated heterocycles. The second kappa shape index (κ2) is 10.8. The normalized spacial score (nSPS) is 17.7. The fraction of sp³-hybridized carbons (Fsp3) is 0.406. The van der Waals surface area contributed by atoms with Gasteiger partial charge in [0.25, 0.3) is 0 Å². The SMILES string of the molecule is COc1ccc(F)c(-c2ccc(COc3ccc4c(c3)[C@@](C)(CC(=O)O)CC4)cc2C(OC)C(C)(C)C)c1. The van der Waals surface area contributed by atoms with Gasteiger partial charge in [0.1, 0.15) is 23.9 Å². The number of aryl methyl sites for hydroxylation is 1. The first-order valence-electron chi connectivity index (χ1n) is 12.9. The molecule has 0 spiro atoms. The van der Waals surface area contributed by atoms with Crippen LogP contribution in [0.15, 0.2) is 54.6 Å². The highest BCUT2D eigenvalue weighted by atomic mass is 19.1. The maximum atomic E-state index is 15.0. The lowest BCUT2D eigenvalue weighted by Gasteiger charge is -2.32. The number of ether oxygens (including phenoxy) is 3. The fourth-order valence-electron chi connectivity index (χ4n) is 5.60. The molecular formula is C32H37FO5. The van der Waals surface area contributed by atoms with Crippen molar-refractivity contribution in [2.75, 3.05) is 14.2 Å². The third-order valence-electron chi connectivity index (χ3n) is 7.51. The highest BCUT2D eigenvalue weighted by Crippen LogP contribution is 2.44. The first kappa shape index (κ1) is 27.6. The molecule has 1 N–H and O–H groups in total. The summed E-state index contributed by atoms with van der Waals surface area (Å²) in [6.45, 7) is 8.60. The number of carbonyl (C=O) groups is 1. The number of benzene rings is 3. The molecule has 202 valence electrons. The van der Waals surface area contributed by atoms with Gasteiger partial charge in [-0.3, -0.25) is 4.79 Å². The molecule has 1 aliphatic carbocycles. The van der Waals surface area contributed by atoms with Crippen LogP contribution < -0.4 is 9.47 Å². The highest BCUT2D eigenvalue weighted by molar-refractivity contribution is 5.71. The monoisotopic (exact) mass is 520 g/mol. The molecule has 6 heteroatoms. The zero-order valence-electron chi connectivity index (χ0n) is 23.1. The van der Waals surface area contributed by atoms with Crippen LogP contribution in [-0.4, -0.2) is 25.3 Å². The summed E-state index contributed by atoms with van der Waals surface area (Å²) in [4.78, 5) is 11.5. The van der Waals surface area contributed by atoms with E-state index in [1.807, 2.05) is 43.3 Å². The van der Waals surface area contributed by atoms with E-state index in [0.29, 0.717) is 23.7 Å². The molecule has 1 unspecified atom stereocenters. The van der Waals surface area contributed by atoms with Gasteiger partial charge in [-0.25, -0.2) is 4.39 Å². The molecule has 1 aliphatic rings. The van der Waals surface area contributed by atoms with Gasteiger partial charge < -0.3 is 19.3 Å². The van der Waals surface area contributed by atoms with Crippen molar-refractivity contribution < 1.29 is 28.5 Å². The van der Waals surface area contributed by atoms with Gasteiger partial charge in [-0.1, -0.05) is 45.9 Å². The largest absolute Gasteiger partial charge is 0.497 e. The number of rotatable bonds is 9. The summed E-state index contributed by atoms with van der Waals surface area (Å²) >= 11 is 0. The zero-order chi connectivity index (χ0) is 27.7. The van der Waals surface area contributed by atoms with Gasteiger partial charge in [0.15, 0.2) is 0 Å². The summed E-state index contributed by atoms with van der Waals surface area (Å²) in [5, 5.41) is 9.41. The topological polar surface area (TPSA) is 65.0 Å². The Morgan fingerprint density at radius 1 is 1.03 bits per heavy atom. The van der Waals surface area contributed by atoms with Crippen molar-refractivity contribution in [3.8, 4) is 22.6 Å². The summed E-state index contributed by atoms with van der Waals surface area (Å²) in [6.07, 6.45) is 1.49. The lowest BCUT2D eigenvalue weighted by Crippen LogP contribution is -2.22. The minimum atomic E-state index is -0.793. The third kappa shape index (κ3) is 5.70. The highest BCUT2D eigenvalue weighted by Gasteiger charge is 2.36. The van der Waals surface area contributed by atoms with Crippen molar-refractivity contribution in [2.24, 2.45) is 5.41 Å². The second-order valence-electron chi connectivity index (χ2n) is 11.5. The quantitative estimate of drug-likeness (QED) is 0.317. The van der Waals surface area contributed by atoms with Crippen LogP contribution in [-0.2, 0) is 28.0 Å². The number of carboxylic acids is 1. The van der Waals surface area contributed by atoms with Crippen molar-refractivity contribution >= 4 is 5.97 Å². The van der Waals surface area contributed by atoms with Gasteiger partial charge in [-0.05, 0) is 82.5 Å². The molecule has 0 aliphatic heterocycles. The van der Waals surface area contributed by atoms with E-state index in [1.54, 1.807) is 26.4 Å². The predicted molar refractivity (Wildman–Crippen MR) is 146 cm³/mol. The Balaban J connectivity index is 1.67. The molecule has 3 aromatic carbocycles. The van der Waals surface area contributed by atoms with E-state index in [4.69, 9.17) is 14.2 Å². The molecule has 38 heavy (non-hydrogen) atoms. The molecular weight excluding hydrogens is 483 g/mol.